The third-order valence-electron chi connectivity index (χ3n) is 1.96. The lowest BCUT2D eigenvalue weighted by Crippen LogP contribution is -2.08. The first kappa shape index (κ1) is 9.86. The van der Waals surface area contributed by atoms with E-state index in [4.69, 9.17) is 9.84 Å². The highest BCUT2D eigenvalue weighted by atomic mass is 16.5. The van der Waals surface area contributed by atoms with Crippen LogP contribution in [0.4, 0.5) is 5.69 Å². The molecule has 13 heavy (non-hydrogen) atoms. The van der Waals surface area contributed by atoms with E-state index in [1.54, 1.807) is 7.11 Å². The van der Waals surface area contributed by atoms with Gasteiger partial charge in [0.2, 0.25) is 0 Å². The maximum atomic E-state index is 8.99. The molecule has 0 saturated carbocycles. The maximum Gasteiger partial charge on any atom is 0.126 e. The van der Waals surface area contributed by atoms with E-state index in [1.165, 1.54) is 0 Å². The second-order valence-corrected chi connectivity index (χ2v) is 3.05. The van der Waals surface area contributed by atoms with Crippen LogP contribution in [0.25, 0.3) is 0 Å². The number of rotatable bonds is 3. The van der Waals surface area contributed by atoms with Crippen LogP contribution in [-0.4, -0.2) is 26.3 Å². The maximum absolute atomic E-state index is 8.99. The molecule has 1 rings (SSSR count). The zero-order valence-corrected chi connectivity index (χ0v) is 8.24. The highest BCUT2D eigenvalue weighted by Crippen LogP contribution is 2.24. The van der Waals surface area contributed by atoms with Gasteiger partial charge in [-0.15, -0.1) is 0 Å². The van der Waals surface area contributed by atoms with Crippen LogP contribution in [0.2, 0.25) is 0 Å². The smallest absolute Gasteiger partial charge is 0.126 e. The second kappa shape index (κ2) is 4.14. The highest BCUT2D eigenvalue weighted by Gasteiger charge is 2.03. The van der Waals surface area contributed by atoms with Crippen molar-refractivity contribution in [3.8, 4) is 5.75 Å². The monoisotopic (exact) mass is 181 g/mol. The number of aliphatic hydroxyl groups is 1. The molecule has 1 N–H and O–H groups in total. The Morgan fingerprint density at radius 1 is 1.38 bits per heavy atom. The number of hydrogen-bond donors (Lipinski definition) is 1. The van der Waals surface area contributed by atoms with Crippen molar-refractivity contribution in [2.24, 2.45) is 0 Å². The van der Waals surface area contributed by atoms with Gasteiger partial charge in [-0.2, -0.15) is 0 Å². The summed E-state index contributed by atoms with van der Waals surface area (Å²) in [5.41, 5.74) is 1.88. The Hall–Kier alpha value is -1.22. The standard InChI is InChI=1S/C10H15NO2/c1-11(2)9-5-4-8(7-12)10(6-9)13-3/h4-6,12H,7H2,1-3H3. The summed E-state index contributed by atoms with van der Waals surface area (Å²) in [7, 11) is 5.54. The van der Waals surface area contributed by atoms with Crippen molar-refractivity contribution in [3.63, 3.8) is 0 Å². The summed E-state index contributed by atoms with van der Waals surface area (Å²) < 4.78 is 5.14. The average Bonchev–Trinajstić information content (AvgIpc) is 2.16. The third-order valence-corrected chi connectivity index (χ3v) is 1.96. The Morgan fingerprint density at radius 2 is 2.08 bits per heavy atom. The quantitative estimate of drug-likeness (QED) is 0.761. The molecule has 0 fully saturated rings. The molecule has 0 aliphatic carbocycles. The summed E-state index contributed by atoms with van der Waals surface area (Å²) in [6, 6.07) is 5.73. The van der Waals surface area contributed by atoms with Gasteiger partial charge in [0, 0.05) is 31.4 Å². The Balaban J connectivity index is 3.05. The van der Waals surface area contributed by atoms with Gasteiger partial charge in [-0.05, 0) is 6.07 Å². The van der Waals surface area contributed by atoms with E-state index in [0.717, 1.165) is 17.0 Å². The molecule has 0 unspecified atom stereocenters. The molecule has 0 radical (unpaired) electrons. The molecule has 3 heteroatoms. The van der Waals surface area contributed by atoms with Gasteiger partial charge in [-0.1, -0.05) is 6.07 Å². The zero-order valence-electron chi connectivity index (χ0n) is 8.24. The lowest BCUT2D eigenvalue weighted by molar-refractivity contribution is 0.274. The predicted octanol–water partition coefficient (Wildman–Crippen LogP) is 1.25. The van der Waals surface area contributed by atoms with E-state index in [2.05, 4.69) is 0 Å². The van der Waals surface area contributed by atoms with E-state index < -0.39 is 0 Å². The lowest BCUT2D eigenvalue weighted by Gasteiger charge is -2.15. The van der Waals surface area contributed by atoms with Gasteiger partial charge in [-0.25, -0.2) is 0 Å². The molecule has 1 aromatic carbocycles. The van der Waals surface area contributed by atoms with Crippen LogP contribution < -0.4 is 9.64 Å². The van der Waals surface area contributed by atoms with Gasteiger partial charge in [0.15, 0.2) is 0 Å². The molecule has 3 nitrogen and oxygen atoms in total. The van der Waals surface area contributed by atoms with E-state index in [-0.39, 0.29) is 6.61 Å². The number of hydrogen-bond acceptors (Lipinski definition) is 3. The summed E-state index contributed by atoms with van der Waals surface area (Å²) in [6.45, 7) is 0.0108. The fourth-order valence-corrected chi connectivity index (χ4v) is 1.14. The number of aliphatic hydroxyl groups excluding tert-OH is 1. The molecule has 0 heterocycles. The van der Waals surface area contributed by atoms with Crippen molar-refractivity contribution in [3.05, 3.63) is 23.8 Å². The summed E-state index contributed by atoms with van der Waals surface area (Å²) in [6.07, 6.45) is 0. The Morgan fingerprint density at radius 3 is 2.54 bits per heavy atom. The van der Waals surface area contributed by atoms with Gasteiger partial charge in [0.05, 0.1) is 13.7 Å². The second-order valence-electron chi connectivity index (χ2n) is 3.05. The summed E-state index contributed by atoms with van der Waals surface area (Å²) in [5, 5.41) is 8.99. The molecule has 0 amide bonds. The van der Waals surface area contributed by atoms with Crippen LogP contribution in [-0.2, 0) is 6.61 Å². The third kappa shape index (κ3) is 2.12. The largest absolute Gasteiger partial charge is 0.496 e. The molecular weight excluding hydrogens is 166 g/mol. The number of anilines is 1. The van der Waals surface area contributed by atoms with Crippen LogP contribution in [0.1, 0.15) is 5.56 Å². The van der Waals surface area contributed by atoms with Crippen LogP contribution >= 0.6 is 0 Å². The first-order chi connectivity index (χ1) is 6.19. The van der Waals surface area contributed by atoms with Crippen LogP contribution in [0.15, 0.2) is 18.2 Å². The SMILES string of the molecule is COc1cc(N(C)C)ccc1CO. The van der Waals surface area contributed by atoms with Gasteiger partial charge in [-0.3, -0.25) is 0 Å². The highest BCUT2D eigenvalue weighted by molar-refractivity contribution is 5.52. The molecule has 0 saturated heterocycles. The van der Waals surface area contributed by atoms with Crippen molar-refractivity contribution in [1.29, 1.82) is 0 Å². The van der Waals surface area contributed by atoms with Gasteiger partial charge < -0.3 is 14.7 Å². The molecule has 0 atom stereocenters. The first-order valence-electron chi connectivity index (χ1n) is 4.14. The minimum atomic E-state index is 0.0108. The molecule has 0 spiro atoms. The van der Waals surface area contributed by atoms with Crippen molar-refractivity contribution in [2.75, 3.05) is 26.1 Å². The first-order valence-corrected chi connectivity index (χ1v) is 4.14. The van der Waals surface area contributed by atoms with Crippen molar-refractivity contribution >= 4 is 5.69 Å². The lowest BCUT2D eigenvalue weighted by atomic mass is 10.2. The molecule has 0 bridgehead atoms. The van der Waals surface area contributed by atoms with E-state index >= 15 is 0 Å². The fraction of sp³-hybridized carbons (Fsp3) is 0.400. The summed E-state index contributed by atoms with van der Waals surface area (Å²) in [4.78, 5) is 1.99. The summed E-state index contributed by atoms with van der Waals surface area (Å²) >= 11 is 0. The molecule has 0 aromatic heterocycles. The number of methoxy groups -OCH3 is 1. The number of benzene rings is 1. The fourth-order valence-electron chi connectivity index (χ4n) is 1.14. The topological polar surface area (TPSA) is 32.7 Å². The number of ether oxygens (including phenoxy) is 1. The van der Waals surface area contributed by atoms with Gasteiger partial charge in [0.25, 0.3) is 0 Å². The average molecular weight is 181 g/mol. The molecule has 0 aliphatic rings. The molecular formula is C10H15NO2. The normalized spacial score (nSPS) is 9.85. The molecule has 0 aliphatic heterocycles. The van der Waals surface area contributed by atoms with E-state index in [9.17, 15) is 0 Å². The van der Waals surface area contributed by atoms with Crippen LogP contribution in [0.3, 0.4) is 0 Å². The van der Waals surface area contributed by atoms with Crippen molar-refractivity contribution in [1.82, 2.24) is 0 Å². The molecule has 1 aromatic rings. The van der Waals surface area contributed by atoms with E-state index in [1.807, 2.05) is 37.2 Å². The Labute approximate surface area is 78.6 Å². The summed E-state index contributed by atoms with van der Waals surface area (Å²) in [5.74, 6) is 0.730. The molecule has 72 valence electrons. The Bertz CT molecular complexity index is 284. The van der Waals surface area contributed by atoms with Crippen molar-refractivity contribution < 1.29 is 9.84 Å². The van der Waals surface area contributed by atoms with E-state index in [0.29, 0.717) is 0 Å². The van der Waals surface area contributed by atoms with Crippen LogP contribution in [0.5, 0.6) is 5.75 Å². The van der Waals surface area contributed by atoms with Gasteiger partial charge in [0.1, 0.15) is 5.75 Å². The Kier molecular flexibility index (Phi) is 3.14. The van der Waals surface area contributed by atoms with Gasteiger partial charge >= 0.3 is 0 Å². The predicted molar refractivity (Wildman–Crippen MR) is 53.2 cm³/mol. The van der Waals surface area contributed by atoms with Crippen molar-refractivity contribution in [2.45, 2.75) is 6.61 Å². The number of nitrogens with zero attached hydrogens (tertiary/aromatic N) is 1. The minimum absolute atomic E-state index is 0.0108. The van der Waals surface area contributed by atoms with Crippen LogP contribution in [0, 0.1) is 0 Å². The zero-order chi connectivity index (χ0) is 9.84. The minimum Gasteiger partial charge on any atom is -0.496 e.